The summed E-state index contributed by atoms with van der Waals surface area (Å²) in [6.07, 6.45) is 4.04. The van der Waals surface area contributed by atoms with E-state index in [0.717, 1.165) is 25.7 Å². The molecule has 3 rings (SSSR count). The average molecular weight is 269 g/mol. The molecule has 3 nitrogen and oxygen atoms in total. The molecule has 1 fully saturated rings. The monoisotopic (exact) mass is 268 g/mol. The SMILES string of the molecule is NC1CCCC(c2nc3cc(Cl)c(F)cc3o2)C1. The van der Waals surface area contributed by atoms with Crippen LogP contribution in [0.3, 0.4) is 0 Å². The summed E-state index contributed by atoms with van der Waals surface area (Å²) in [4.78, 5) is 4.40. The second-order valence-corrected chi connectivity index (χ2v) is 5.32. The normalized spacial score (nSPS) is 24.6. The predicted octanol–water partition coefficient (Wildman–Crippen LogP) is 3.61. The molecule has 0 bridgehead atoms. The molecule has 0 aliphatic heterocycles. The standard InChI is InChI=1S/C13H14ClFN2O/c14-9-5-11-12(6-10(9)15)18-13(17-11)7-2-1-3-8(16)4-7/h5-8H,1-4,16H2. The summed E-state index contributed by atoms with van der Waals surface area (Å²) in [5.74, 6) is 0.414. The van der Waals surface area contributed by atoms with E-state index in [0.29, 0.717) is 17.0 Å². The van der Waals surface area contributed by atoms with Gasteiger partial charge < -0.3 is 10.2 Å². The molecule has 18 heavy (non-hydrogen) atoms. The van der Waals surface area contributed by atoms with Crippen molar-refractivity contribution in [2.75, 3.05) is 0 Å². The fourth-order valence-electron chi connectivity index (χ4n) is 2.57. The molecule has 0 radical (unpaired) electrons. The van der Waals surface area contributed by atoms with E-state index in [1.165, 1.54) is 12.1 Å². The number of hydrogen-bond acceptors (Lipinski definition) is 3. The van der Waals surface area contributed by atoms with Gasteiger partial charge in [0.05, 0.1) is 5.02 Å². The van der Waals surface area contributed by atoms with Crippen LogP contribution < -0.4 is 5.73 Å². The smallest absolute Gasteiger partial charge is 0.198 e. The fraction of sp³-hybridized carbons (Fsp3) is 0.462. The van der Waals surface area contributed by atoms with Crippen molar-refractivity contribution in [3.8, 4) is 0 Å². The summed E-state index contributed by atoms with van der Waals surface area (Å²) in [6, 6.07) is 3.00. The van der Waals surface area contributed by atoms with Crippen LogP contribution in [0.4, 0.5) is 4.39 Å². The molecule has 1 aromatic heterocycles. The molecule has 2 aromatic rings. The molecule has 1 aromatic carbocycles. The van der Waals surface area contributed by atoms with Gasteiger partial charge in [0.15, 0.2) is 11.5 Å². The third kappa shape index (κ3) is 2.10. The minimum Gasteiger partial charge on any atom is -0.440 e. The first-order chi connectivity index (χ1) is 8.63. The lowest BCUT2D eigenvalue weighted by molar-refractivity contribution is 0.342. The minimum absolute atomic E-state index is 0.0719. The maximum absolute atomic E-state index is 13.3. The Morgan fingerprint density at radius 3 is 3.00 bits per heavy atom. The van der Waals surface area contributed by atoms with Crippen LogP contribution in [-0.2, 0) is 0 Å². The van der Waals surface area contributed by atoms with Crippen LogP contribution in [0.15, 0.2) is 16.5 Å². The zero-order valence-corrected chi connectivity index (χ0v) is 10.6. The largest absolute Gasteiger partial charge is 0.440 e. The number of oxazole rings is 1. The molecule has 0 spiro atoms. The molecular weight excluding hydrogens is 255 g/mol. The van der Waals surface area contributed by atoms with E-state index in [2.05, 4.69) is 4.98 Å². The van der Waals surface area contributed by atoms with Crippen molar-refractivity contribution in [3.05, 3.63) is 28.9 Å². The average Bonchev–Trinajstić information content (AvgIpc) is 2.73. The molecular formula is C13H14ClFN2O. The van der Waals surface area contributed by atoms with E-state index < -0.39 is 5.82 Å². The molecule has 1 aliphatic rings. The Bertz CT molecular complexity index is 545. The Kier molecular flexibility index (Phi) is 2.99. The number of nitrogens with two attached hydrogens (primary N) is 1. The fourth-order valence-corrected chi connectivity index (χ4v) is 2.73. The summed E-state index contributed by atoms with van der Waals surface area (Å²) in [5, 5.41) is 0.0719. The van der Waals surface area contributed by atoms with Crippen molar-refractivity contribution in [2.45, 2.75) is 37.6 Å². The van der Waals surface area contributed by atoms with Gasteiger partial charge in [-0.3, -0.25) is 0 Å². The number of nitrogens with zero attached hydrogens (tertiary/aromatic N) is 1. The quantitative estimate of drug-likeness (QED) is 0.860. The lowest BCUT2D eigenvalue weighted by atomic mass is 9.86. The van der Waals surface area contributed by atoms with Crippen LogP contribution in [0.2, 0.25) is 5.02 Å². The summed E-state index contributed by atoms with van der Waals surface area (Å²) in [6.45, 7) is 0. The highest BCUT2D eigenvalue weighted by Gasteiger charge is 2.25. The van der Waals surface area contributed by atoms with Crippen LogP contribution in [0.25, 0.3) is 11.1 Å². The Morgan fingerprint density at radius 1 is 1.39 bits per heavy atom. The first-order valence-corrected chi connectivity index (χ1v) is 6.52. The summed E-state index contributed by atoms with van der Waals surface area (Å²) < 4.78 is 18.9. The van der Waals surface area contributed by atoms with E-state index in [1.54, 1.807) is 0 Å². The maximum atomic E-state index is 13.3. The predicted molar refractivity (Wildman–Crippen MR) is 68.2 cm³/mol. The lowest BCUT2D eigenvalue weighted by Crippen LogP contribution is -2.26. The Hall–Kier alpha value is -1.13. The third-order valence-electron chi connectivity index (χ3n) is 3.51. The number of benzene rings is 1. The highest BCUT2D eigenvalue weighted by atomic mass is 35.5. The first-order valence-electron chi connectivity index (χ1n) is 6.14. The van der Waals surface area contributed by atoms with Crippen molar-refractivity contribution in [1.82, 2.24) is 4.98 Å². The Morgan fingerprint density at radius 2 is 2.22 bits per heavy atom. The molecule has 96 valence electrons. The minimum atomic E-state index is -0.479. The van der Waals surface area contributed by atoms with E-state index in [1.807, 2.05) is 0 Å². The zero-order chi connectivity index (χ0) is 12.7. The molecule has 1 saturated carbocycles. The van der Waals surface area contributed by atoms with Crippen molar-refractivity contribution in [3.63, 3.8) is 0 Å². The summed E-state index contributed by atoms with van der Waals surface area (Å²) in [5.41, 5.74) is 7.01. The van der Waals surface area contributed by atoms with E-state index >= 15 is 0 Å². The van der Waals surface area contributed by atoms with E-state index in [9.17, 15) is 4.39 Å². The Balaban J connectivity index is 1.97. The van der Waals surface area contributed by atoms with Crippen molar-refractivity contribution >= 4 is 22.7 Å². The molecule has 1 aliphatic carbocycles. The summed E-state index contributed by atoms with van der Waals surface area (Å²) >= 11 is 5.73. The van der Waals surface area contributed by atoms with Gasteiger partial charge in [-0.2, -0.15) is 0 Å². The van der Waals surface area contributed by atoms with E-state index in [4.69, 9.17) is 21.8 Å². The molecule has 1 heterocycles. The second-order valence-electron chi connectivity index (χ2n) is 4.91. The van der Waals surface area contributed by atoms with Gasteiger partial charge in [0.2, 0.25) is 0 Å². The number of hydrogen-bond donors (Lipinski definition) is 1. The number of fused-ring (bicyclic) bond motifs is 1. The topological polar surface area (TPSA) is 52.0 Å². The first kappa shape index (κ1) is 11.9. The van der Waals surface area contributed by atoms with Crippen LogP contribution in [0, 0.1) is 5.82 Å². The van der Waals surface area contributed by atoms with Crippen LogP contribution in [0.1, 0.15) is 37.5 Å². The molecule has 0 saturated heterocycles. The second kappa shape index (κ2) is 4.52. The molecule has 5 heteroatoms. The van der Waals surface area contributed by atoms with Gasteiger partial charge in [-0.05, 0) is 25.3 Å². The van der Waals surface area contributed by atoms with Gasteiger partial charge in [0.1, 0.15) is 11.3 Å². The molecule has 2 atom stereocenters. The highest BCUT2D eigenvalue weighted by Crippen LogP contribution is 2.34. The van der Waals surface area contributed by atoms with Gasteiger partial charge in [0.25, 0.3) is 0 Å². The van der Waals surface area contributed by atoms with Gasteiger partial charge in [-0.1, -0.05) is 18.0 Å². The number of rotatable bonds is 1. The summed E-state index contributed by atoms with van der Waals surface area (Å²) in [7, 11) is 0. The van der Waals surface area contributed by atoms with Crippen molar-refractivity contribution < 1.29 is 8.81 Å². The number of halogens is 2. The molecule has 2 unspecified atom stereocenters. The van der Waals surface area contributed by atoms with Crippen LogP contribution >= 0.6 is 11.6 Å². The van der Waals surface area contributed by atoms with Gasteiger partial charge in [0, 0.05) is 18.0 Å². The zero-order valence-electron chi connectivity index (χ0n) is 9.83. The van der Waals surface area contributed by atoms with Gasteiger partial charge >= 0.3 is 0 Å². The van der Waals surface area contributed by atoms with E-state index in [-0.39, 0.29) is 17.0 Å². The lowest BCUT2D eigenvalue weighted by Gasteiger charge is -2.23. The third-order valence-corrected chi connectivity index (χ3v) is 3.80. The molecule has 2 N–H and O–H groups in total. The highest BCUT2D eigenvalue weighted by molar-refractivity contribution is 6.31. The van der Waals surface area contributed by atoms with Crippen LogP contribution in [0.5, 0.6) is 0 Å². The van der Waals surface area contributed by atoms with Gasteiger partial charge in [-0.15, -0.1) is 0 Å². The number of aromatic nitrogens is 1. The maximum Gasteiger partial charge on any atom is 0.198 e. The van der Waals surface area contributed by atoms with Crippen molar-refractivity contribution in [2.24, 2.45) is 5.73 Å². The van der Waals surface area contributed by atoms with Gasteiger partial charge in [-0.25, -0.2) is 9.37 Å². The molecule has 0 amide bonds. The Labute approximate surface area is 109 Å². The van der Waals surface area contributed by atoms with Crippen molar-refractivity contribution in [1.29, 1.82) is 0 Å². The van der Waals surface area contributed by atoms with Crippen LogP contribution in [-0.4, -0.2) is 11.0 Å².